The topological polar surface area (TPSA) is 126 Å². The fourth-order valence-corrected chi connectivity index (χ4v) is 0. The molecule has 0 aromatic carbocycles. The molecular weight excluding hydrogens is 490 g/mol. The third kappa shape index (κ3) is 76.8. The van der Waals surface area contributed by atoms with Gasteiger partial charge in [0.2, 0.25) is 0 Å². The summed E-state index contributed by atoms with van der Waals surface area (Å²) < 4.78 is 0. The Kier molecular flexibility index (Phi) is 2100. The van der Waals surface area contributed by atoms with Crippen molar-refractivity contribution in [2.45, 2.75) is 0 Å². The third-order valence-corrected chi connectivity index (χ3v) is 0. The molecule has 0 aromatic heterocycles. The molecule has 8 heteroatoms. The van der Waals surface area contributed by atoms with Crippen LogP contribution in [-0.2, 0) is 81.7 Å². The largest absolute Gasteiger partial charge is 0.412 e. The Hall–Kier alpha value is 2.49. The molecule has 4 nitrogen and oxygen atoms in total. The van der Waals surface area contributed by atoms with E-state index in [9.17, 15) is 0 Å². The molecule has 0 atom stereocenters. The monoisotopic (exact) mass is 496 g/mol. The van der Waals surface area contributed by atoms with Crippen LogP contribution >= 0.6 is 0 Å². The van der Waals surface area contributed by atoms with Gasteiger partial charge < -0.3 is 21.9 Å². The predicted octanol–water partition coefficient (Wildman–Crippen LogP) is -3.31. The van der Waals surface area contributed by atoms with E-state index in [1.807, 2.05) is 0 Å². The van der Waals surface area contributed by atoms with Crippen molar-refractivity contribution in [3.05, 3.63) is 0 Å². The van der Waals surface area contributed by atoms with Gasteiger partial charge in [0.1, 0.15) is 0 Å². The van der Waals surface area contributed by atoms with Gasteiger partial charge >= 0.3 is 0 Å². The number of hydrogen-bond acceptors (Lipinski definition) is 0. The van der Waals surface area contributed by atoms with Crippen molar-refractivity contribution in [2.24, 2.45) is 0 Å². The van der Waals surface area contributed by atoms with Gasteiger partial charge in [-0.15, -0.1) is 0 Å². The van der Waals surface area contributed by atoms with Gasteiger partial charge in [-0.25, -0.2) is 0 Å². The Morgan fingerprint density at radius 1 is 0.250 bits per heavy atom. The van der Waals surface area contributed by atoms with E-state index in [4.69, 9.17) is 0 Å². The molecule has 0 aliphatic rings. The van der Waals surface area contributed by atoms with Gasteiger partial charge in [0, 0.05) is 81.7 Å². The smallest absolute Gasteiger partial charge is 0 e. The van der Waals surface area contributed by atoms with E-state index < -0.39 is 0 Å². The first-order valence-electron chi connectivity index (χ1n) is 0. The summed E-state index contributed by atoms with van der Waals surface area (Å²) in [7, 11) is 0. The van der Waals surface area contributed by atoms with Crippen LogP contribution in [0, 0.1) is 0 Å². The van der Waals surface area contributed by atoms with Crippen LogP contribution < -0.4 is 0 Å². The van der Waals surface area contributed by atoms with Crippen LogP contribution in [0.1, 0.15) is 0 Å². The molecule has 0 fully saturated rings. The van der Waals surface area contributed by atoms with Crippen molar-refractivity contribution in [2.75, 3.05) is 0 Å². The molecule has 0 unspecified atom stereocenters. The molecule has 0 aliphatic carbocycles. The van der Waals surface area contributed by atoms with E-state index >= 15 is 0 Å². The predicted molar refractivity (Wildman–Crippen MR) is 14.5 cm³/mol. The van der Waals surface area contributed by atoms with Crippen LogP contribution in [0.3, 0.4) is 0 Å². The van der Waals surface area contributed by atoms with Crippen molar-refractivity contribution in [3.63, 3.8) is 0 Å². The maximum absolute atomic E-state index is 0. The molecule has 0 rings (SSSR count). The Balaban J connectivity index is 0. The second kappa shape index (κ2) is 110. The Morgan fingerprint density at radius 2 is 0.250 bits per heavy atom. The summed E-state index contributed by atoms with van der Waals surface area (Å²) in [5, 5.41) is 0. The van der Waals surface area contributed by atoms with E-state index in [-0.39, 0.29) is 104 Å². The van der Waals surface area contributed by atoms with Crippen LogP contribution in [0.25, 0.3) is 0 Å². The van der Waals surface area contributed by atoms with Crippen LogP contribution in [0.2, 0.25) is 0 Å². The molecular formula is H8O4Pd4. The molecule has 0 radical (unpaired) electrons. The molecule has 0 aromatic rings. The van der Waals surface area contributed by atoms with Crippen molar-refractivity contribution >= 4 is 0 Å². The van der Waals surface area contributed by atoms with E-state index in [1.54, 1.807) is 0 Å². The Morgan fingerprint density at radius 3 is 0.250 bits per heavy atom. The van der Waals surface area contributed by atoms with Crippen LogP contribution in [0.4, 0.5) is 0 Å². The second-order valence-electron chi connectivity index (χ2n) is 0. The normalized spacial score (nSPS) is 0. The summed E-state index contributed by atoms with van der Waals surface area (Å²) in [6.07, 6.45) is 0. The fraction of sp³-hybridized carbons (Fsp3) is 0. The maximum atomic E-state index is 0. The molecule has 0 spiro atoms. The molecule has 0 heterocycles. The van der Waals surface area contributed by atoms with Crippen molar-refractivity contribution < 1.29 is 104 Å². The molecule has 0 amide bonds. The van der Waals surface area contributed by atoms with Gasteiger partial charge in [0.05, 0.1) is 0 Å². The number of rotatable bonds is 0. The van der Waals surface area contributed by atoms with Crippen LogP contribution in [0.5, 0.6) is 0 Å². The van der Waals surface area contributed by atoms with E-state index in [0.717, 1.165) is 0 Å². The first-order chi connectivity index (χ1) is 0. The maximum Gasteiger partial charge on any atom is 0 e. The molecule has 72 valence electrons. The van der Waals surface area contributed by atoms with Gasteiger partial charge in [-0.2, -0.15) is 0 Å². The standard InChI is InChI=1S/4H2O.4Pd/h4*1H2;;;;. The SMILES string of the molecule is O.O.O.O.[Pd].[Pd].[Pd].[Pd]. The zero-order valence-electron chi connectivity index (χ0n) is 3.26. The third-order valence-electron chi connectivity index (χ3n) is 0. The second-order valence-corrected chi connectivity index (χ2v) is 0. The Bertz CT molecular complexity index is 8.00. The zero-order valence-corrected chi connectivity index (χ0v) is 9.48. The van der Waals surface area contributed by atoms with Gasteiger partial charge in [-0.3, -0.25) is 0 Å². The molecule has 8 N–H and O–H groups in total. The van der Waals surface area contributed by atoms with Gasteiger partial charge in [0.25, 0.3) is 0 Å². The summed E-state index contributed by atoms with van der Waals surface area (Å²) in [6.45, 7) is 0. The molecule has 0 saturated carbocycles. The molecule has 8 heavy (non-hydrogen) atoms. The molecule has 0 saturated heterocycles. The van der Waals surface area contributed by atoms with Crippen LogP contribution in [0.15, 0.2) is 0 Å². The average molecular weight is 498 g/mol. The summed E-state index contributed by atoms with van der Waals surface area (Å²) in [5.41, 5.74) is 0. The minimum absolute atomic E-state index is 0. The van der Waals surface area contributed by atoms with Crippen molar-refractivity contribution in [3.8, 4) is 0 Å². The van der Waals surface area contributed by atoms with E-state index in [1.165, 1.54) is 0 Å². The Labute approximate surface area is 102 Å². The molecule has 0 bridgehead atoms. The summed E-state index contributed by atoms with van der Waals surface area (Å²) in [6, 6.07) is 0. The summed E-state index contributed by atoms with van der Waals surface area (Å²) >= 11 is 0. The van der Waals surface area contributed by atoms with Crippen molar-refractivity contribution in [1.82, 2.24) is 0 Å². The van der Waals surface area contributed by atoms with Gasteiger partial charge in [0.15, 0.2) is 0 Å². The summed E-state index contributed by atoms with van der Waals surface area (Å²) in [4.78, 5) is 0. The van der Waals surface area contributed by atoms with Gasteiger partial charge in [-0.05, 0) is 0 Å². The summed E-state index contributed by atoms with van der Waals surface area (Å²) in [5.74, 6) is 0. The average Bonchev–Trinajstić information content (AvgIpc) is 0. The number of hydrogen-bond donors (Lipinski definition) is 0. The van der Waals surface area contributed by atoms with Crippen molar-refractivity contribution in [1.29, 1.82) is 0 Å². The first kappa shape index (κ1) is 152. The fourth-order valence-electron chi connectivity index (χ4n) is 0. The van der Waals surface area contributed by atoms with Gasteiger partial charge in [-0.1, -0.05) is 0 Å². The first-order valence-corrected chi connectivity index (χ1v) is 0. The van der Waals surface area contributed by atoms with Crippen LogP contribution in [-0.4, -0.2) is 21.9 Å². The molecule has 0 aliphatic heterocycles. The minimum atomic E-state index is 0. The zero-order chi connectivity index (χ0) is 0. The minimum Gasteiger partial charge on any atom is -0.412 e. The van der Waals surface area contributed by atoms with E-state index in [2.05, 4.69) is 0 Å². The quantitative estimate of drug-likeness (QED) is 0.311. The van der Waals surface area contributed by atoms with E-state index in [0.29, 0.717) is 0 Å².